The third kappa shape index (κ3) is 7.51. The number of hydrogen-bond acceptors (Lipinski definition) is 5. The van der Waals surface area contributed by atoms with E-state index >= 15 is 0 Å². The van der Waals surface area contributed by atoms with E-state index in [4.69, 9.17) is 4.74 Å². The van der Waals surface area contributed by atoms with Crippen molar-refractivity contribution in [3.8, 4) is 0 Å². The predicted octanol–water partition coefficient (Wildman–Crippen LogP) is 2.78. The summed E-state index contributed by atoms with van der Waals surface area (Å²) < 4.78 is 5.18. The molecule has 2 amide bonds. The van der Waals surface area contributed by atoms with E-state index in [-0.39, 0.29) is 17.5 Å². The number of hydrogen-bond donors (Lipinski definition) is 3. The lowest BCUT2D eigenvalue weighted by Gasteiger charge is -2.45. The molecule has 1 atom stereocenters. The second-order valence-corrected chi connectivity index (χ2v) is 9.95. The Labute approximate surface area is 186 Å². The molecule has 0 aromatic heterocycles. The van der Waals surface area contributed by atoms with Crippen LogP contribution >= 0.6 is 0 Å². The molecule has 0 aliphatic heterocycles. The Morgan fingerprint density at radius 1 is 1.19 bits per heavy atom. The van der Waals surface area contributed by atoms with Crippen molar-refractivity contribution in [1.29, 1.82) is 0 Å². The van der Waals surface area contributed by atoms with Gasteiger partial charge in [0, 0.05) is 11.6 Å². The molecule has 1 saturated carbocycles. The first-order valence-corrected chi connectivity index (χ1v) is 11.1. The van der Waals surface area contributed by atoms with Gasteiger partial charge in [0.1, 0.15) is 11.6 Å². The van der Waals surface area contributed by atoms with Gasteiger partial charge in [-0.05, 0) is 79.5 Å². The lowest BCUT2D eigenvalue weighted by molar-refractivity contribution is -0.125. The Bertz CT molecular complexity index is 732. The molecule has 0 spiro atoms. The van der Waals surface area contributed by atoms with Crippen LogP contribution in [0.25, 0.3) is 0 Å². The van der Waals surface area contributed by atoms with Crippen LogP contribution < -0.4 is 10.6 Å². The average molecular weight is 434 g/mol. The Hall–Kier alpha value is -2.12. The van der Waals surface area contributed by atoms with Crippen LogP contribution in [0.2, 0.25) is 0 Å². The lowest BCUT2D eigenvalue weighted by atomic mass is 9.74. The highest BCUT2D eigenvalue weighted by molar-refractivity contribution is 5.86. The van der Waals surface area contributed by atoms with Gasteiger partial charge in [0.15, 0.2) is 0 Å². The number of carbonyl (C=O) groups excluding carboxylic acids is 2. The van der Waals surface area contributed by atoms with Gasteiger partial charge in [-0.3, -0.25) is 4.79 Å². The van der Waals surface area contributed by atoms with Crippen LogP contribution in [-0.4, -0.2) is 65.9 Å². The van der Waals surface area contributed by atoms with Crippen molar-refractivity contribution in [1.82, 2.24) is 15.5 Å². The molecule has 1 aromatic carbocycles. The smallest absolute Gasteiger partial charge is 0.408 e. The van der Waals surface area contributed by atoms with E-state index in [1.165, 1.54) is 11.1 Å². The van der Waals surface area contributed by atoms with Gasteiger partial charge >= 0.3 is 6.09 Å². The largest absolute Gasteiger partial charge is 0.444 e. The number of benzene rings is 1. The standard InChI is InChI=1S/C24H39N3O4/c1-17-7-9-18(10-8-17)15-24(27(5)6)13-11-19(12-14-24)25-21(29)20(16-28)26-22(30)31-23(2,3)4/h7-10,19-20,28H,11-16H2,1-6H3,(H,25,29)(H,26,30). The molecule has 0 heterocycles. The molecule has 0 radical (unpaired) electrons. The minimum absolute atomic E-state index is 0.0214. The quantitative estimate of drug-likeness (QED) is 0.615. The van der Waals surface area contributed by atoms with Gasteiger partial charge in [-0.25, -0.2) is 4.79 Å². The summed E-state index contributed by atoms with van der Waals surface area (Å²) >= 11 is 0. The summed E-state index contributed by atoms with van der Waals surface area (Å²) in [4.78, 5) is 26.9. The molecule has 0 bridgehead atoms. The number of aliphatic hydroxyl groups is 1. The van der Waals surface area contributed by atoms with Crippen molar-refractivity contribution in [3.63, 3.8) is 0 Å². The second kappa shape index (κ2) is 10.5. The molecule has 1 aromatic rings. The molecule has 1 unspecified atom stereocenters. The maximum Gasteiger partial charge on any atom is 0.408 e. The van der Waals surface area contributed by atoms with Gasteiger partial charge in [-0.2, -0.15) is 0 Å². The van der Waals surface area contributed by atoms with E-state index in [0.29, 0.717) is 0 Å². The van der Waals surface area contributed by atoms with E-state index in [1.807, 2.05) is 0 Å². The van der Waals surface area contributed by atoms with Crippen LogP contribution in [-0.2, 0) is 16.0 Å². The summed E-state index contributed by atoms with van der Waals surface area (Å²) in [6.07, 6.45) is 3.88. The highest BCUT2D eigenvalue weighted by Crippen LogP contribution is 2.35. The highest BCUT2D eigenvalue weighted by atomic mass is 16.6. The first-order chi connectivity index (χ1) is 14.4. The highest BCUT2D eigenvalue weighted by Gasteiger charge is 2.38. The van der Waals surface area contributed by atoms with Gasteiger partial charge in [-0.1, -0.05) is 29.8 Å². The summed E-state index contributed by atoms with van der Waals surface area (Å²) in [5.41, 5.74) is 1.97. The molecular weight excluding hydrogens is 394 g/mol. The fourth-order valence-corrected chi connectivity index (χ4v) is 4.11. The summed E-state index contributed by atoms with van der Waals surface area (Å²) in [6.45, 7) is 6.85. The maximum absolute atomic E-state index is 12.6. The molecule has 1 aliphatic carbocycles. The normalized spacial score (nSPS) is 22.6. The van der Waals surface area contributed by atoms with E-state index in [9.17, 15) is 14.7 Å². The molecule has 31 heavy (non-hydrogen) atoms. The Morgan fingerprint density at radius 3 is 2.26 bits per heavy atom. The number of aryl methyl sites for hydroxylation is 1. The first-order valence-electron chi connectivity index (χ1n) is 11.1. The summed E-state index contributed by atoms with van der Waals surface area (Å²) in [7, 11) is 4.25. The van der Waals surface area contributed by atoms with Crippen molar-refractivity contribution in [2.24, 2.45) is 0 Å². The van der Waals surface area contributed by atoms with Crippen LogP contribution in [0.4, 0.5) is 4.79 Å². The number of carbonyl (C=O) groups is 2. The number of likely N-dealkylation sites (N-methyl/N-ethyl adjacent to an activating group) is 1. The molecule has 7 nitrogen and oxygen atoms in total. The van der Waals surface area contributed by atoms with Gasteiger partial charge in [0.2, 0.25) is 5.91 Å². The molecular formula is C24H39N3O4. The molecule has 3 N–H and O–H groups in total. The third-order valence-corrected chi connectivity index (χ3v) is 6.06. The fourth-order valence-electron chi connectivity index (χ4n) is 4.11. The zero-order chi connectivity index (χ0) is 23.2. The van der Waals surface area contributed by atoms with Crippen LogP contribution in [0.15, 0.2) is 24.3 Å². The SMILES string of the molecule is Cc1ccc(CC2(N(C)C)CCC(NC(=O)C(CO)NC(=O)OC(C)(C)C)CC2)cc1. The lowest BCUT2D eigenvalue weighted by Crippen LogP contribution is -2.55. The molecule has 7 heteroatoms. The summed E-state index contributed by atoms with van der Waals surface area (Å²) in [5.74, 6) is -0.380. The minimum atomic E-state index is -1.03. The van der Waals surface area contributed by atoms with E-state index in [0.717, 1.165) is 32.1 Å². The van der Waals surface area contributed by atoms with Crippen LogP contribution in [0.3, 0.4) is 0 Å². The van der Waals surface area contributed by atoms with Crippen molar-refractivity contribution in [3.05, 3.63) is 35.4 Å². The Morgan fingerprint density at radius 2 is 1.77 bits per heavy atom. The number of ether oxygens (including phenoxy) is 1. The molecule has 0 saturated heterocycles. The van der Waals surface area contributed by atoms with Gasteiger partial charge < -0.3 is 25.4 Å². The van der Waals surface area contributed by atoms with Crippen molar-refractivity contribution in [2.75, 3.05) is 20.7 Å². The fraction of sp³-hybridized carbons (Fsp3) is 0.667. The summed E-state index contributed by atoms with van der Waals surface area (Å²) in [6, 6.07) is 7.69. The van der Waals surface area contributed by atoms with Gasteiger partial charge in [0.05, 0.1) is 6.61 Å². The average Bonchev–Trinajstić information content (AvgIpc) is 2.68. The molecule has 1 aliphatic rings. The van der Waals surface area contributed by atoms with E-state index in [2.05, 4.69) is 60.8 Å². The number of aliphatic hydroxyl groups excluding tert-OH is 1. The van der Waals surface area contributed by atoms with Crippen LogP contribution in [0.1, 0.15) is 57.6 Å². The predicted molar refractivity (Wildman–Crippen MR) is 122 cm³/mol. The monoisotopic (exact) mass is 433 g/mol. The molecule has 2 rings (SSSR count). The summed E-state index contributed by atoms with van der Waals surface area (Å²) in [5, 5.41) is 15.0. The number of alkyl carbamates (subject to hydrolysis) is 1. The molecule has 174 valence electrons. The first kappa shape index (κ1) is 25.1. The number of nitrogens with one attached hydrogen (secondary N) is 2. The van der Waals surface area contributed by atoms with Crippen molar-refractivity contribution >= 4 is 12.0 Å². The number of nitrogens with zero attached hydrogens (tertiary/aromatic N) is 1. The number of rotatable bonds is 7. The van der Waals surface area contributed by atoms with Crippen molar-refractivity contribution < 1.29 is 19.4 Å². The van der Waals surface area contributed by atoms with Crippen LogP contribution in [0, 0.1) is 6.92 Å². The zero-order valence-corrected chi connectivity index (χ0v) is 19.8. The maximum atomic E-state index is 12.6. The van der Waals surface area contributed by atoms with Crippen LogP contribution in [0.5, 0.6) is 0 Å². The topological polar surface area (TPSA) is 90.9 Å². The zero-order valence-electron chi connectivity index (χ0n) is 19.8. The van der Waals surface area contributed by atoms with Crippen molar-refractivity contribution in [2.45, 2.75) is 83.0 Å². The Balaban J connectivity index is 1.93. The molecule has 1 fully saturated rings. The third-order valence-electron chi connectivity index (χ3n) is 6.06. The number of amides is 2. The van der Waals surface area contributed by atoms with E-state index in [1.54, 1.807) is 20.8 Å². The van der Waals surface area contributed by atoms with Gasteiger partial charge in [0.25, 0.3) is 0 Å². The van der Waals surface area contributed by atoms with Gasteiger partial charge in [-0.15, -0.1) is 0 Å². The Kier molecular flexibility index (Phi) is 8.49. The van der Waals surface area contributed by atoms with E-state index < -0.39 is 24.3 Å². The minimum Gasteiger partial charge on any atom is -0.444 e. The second-order valence-electron chi connectivity index (χ2n) is 9.95.